The summed E-state index contributed by atoms with van der Waals surface area (Å²) in [6.45, 7) is 6.87. The molecule has 3 heteroatoms. The first kappa shape index (κ1) is 11.0. The number of pyridine rings is 1. The second kappa shape index (κ2) is 4.42. The van der Waals surface area contributed by atoms with Crippen LogP contribution < -0.4 is 5.32 Å². The van der Waals surface area contributed by atoms with Crippen molar-refractivity contribution in [2.75, 3.05) is 19.0 Å². The van der Waals surface area contributed by atoms with Crippen molar-refractivity contribution in [1.82, 2.24) is 4.98 Å². The summed E-state index contributed by atoms with van der Waals surface area (Å²) < 4.78 is 5.12. The molecule has 1 N–H and O–H groups in total. The third-order valence-corrected chi connectivity index (χ3v) is 1.89. The van der Waals surface area contributed by atoms with E-state index in [9.17, 15) is 0 Å². The third kappa shape index (κ3) is 3.34. The molecule has 0 fully saturated rings. The molecular weight excluding hydrogens is 176 g/mol. The molecule has 0 aliphatic heterocycles. The summed E-state index contributed by atoms with van der Waals surface area (Å²) in [4.78, 5) is 4.24. The molecule has 0 aliphatic carbocycles. The van der Waals surface area contributed by atoms with Crippen LogP contribution in [-0.4, -0.2) is 24.2 Å². The van der Waals surface area contributed by atoms with Gasteiger partial charge in [-0.05, 0) is 38.5 Å². The van der Waals surface area contributed by atoms with Gasteiger partial charge in [0.15, 0.2) is 0 Å². The van der Waals surface area contributed by atoms with E-state index in [0.29, 0.717) is 6.61 Å². The number of nitrogens with zero attached hydrogens (tertiary/aromatic N) is 1. The minimum Gasteiger partial charge on any atom is -0.382 e. The largest absolute Gasteiger partial charge is 0.382 e. The molecule has 14 heavy (non-hydrogen) atoms. The fraction of sp³-hybridized carbons (Fsp3) is 0.545. The highest BCUT2D eigenvalue weighted by atomic mass is 16.5. The Hall–Kier alpha value is -1.09. The van der Waals surface area contributed by atoms with Gasteiger partial charge in [-0.3, -0.25) is 0 Å². The van der Waals surface area contributed by atoms with Crippen LogP contribution in [0.3, 0.4) is 0 Å². The Kier molecular flexibility index (Phi) is 3.47. The van der Waals surface area contributed by atoms with Gasteiger partial charge in [0, 0.05) is 13.3 Å². The van der Waals surface area contributed by atoms with Gasteiger partial charge in [0.05, 0.1) is 12.1 Å². The molecule has 0 aliphatic rings. The van der Waals surface area contributed by atoms with Crippen LogP contribution in [-0.2, 0) is 4.74 Å². The van der Waals surface area contributed by atoms with E-state index in [1.54, 1.807) is 13.3 Å². The van der Waals surface area contributed by atoms with Gasteiger partial charge in [-0.1, -0.05) is 0 Å². The van der Waals surface area contributed by atoms with Crippen LogP contribution in [0.5, 0.6) is 0 Å². The molecule has 0 unspecified atom stereocenters. The molecule has 78 valence electrons. The van der Waals surface area contributed by atoms with E-state index < -0.39 is 0 Å². The first-order valence-corrected chi connectivity index (χ1v) is 4.73. The number of rotatable bonds is 4. The van der Waals surface area contributed by atoms with Crippen molar-refractivity contribution >= 4 is 5.82 Å². The van der Waals surface area contributed by atoms with E-state index in [-0.39, 0.29) is 5.54 Å². The number of nitrogens with one attached hydrogen (secondary N) is 1. The average Bonchev–Trinajstić information content (AvgIpc) is 2.02. The number of hydrogen-bond donors (Lipinski definition) is 1. The van der Waals surface area contributed by atoms with Crippen LogP contribution >= 0.6 is 0 Å². The van der Waals surface area contributed by atoms with E-state index in [0.717, 1.165) is 5.82 Å². The zero-order chi connectivity index (χ0) is 10.6. The predicted octanol–water partition coefficient (Wildman–Crippen LogP) is 2.23. The Labute approximate surface area is 85.5 Å². The van der Waals surface area contributed by atoms with Crippen LogP contribution in [0.4, 0.5) is 5.82 Å². The van der Waals surface area contributed by atoms with E-state index in [4.69, 9.17) is 4.74 Å². The summed E-state index contributed by atoms with van der Waals surface area (Å²) in [5.41, 5.74) is 1.12. The molecule has 0 bridgehead atoms. The highest BCUT2D eigenvalue weighted by Gasteiger charge is 2.17. The number of anilines is 1. The molecule has 0 saturated heterocycles. The lowest BCUT2D eigenvalue weighted by Gasteiger charge is -2.25. The van der Waals surface area contributed by atoms with E-state index in [1.165, 1.54) is 5.56 Å². The molecule has 0 saturated carbocycles. The van der Waals surface area contributed by atoms with E-state index >= 15 is 0 Å². The smallest absolute Gasteiger partial charge is 0.126 e. The summed E-state index contributed by atoms with van der Waals surface area (Å²) in [7, 11) is 1.70. The molecule has 0 radical (unpaired) electrons. The van der Waals surface area contributed by atoms with Crippen LogP contribution in [0.15, 0.2) is 18.3 Å². The van der Waals surface area contributed by atoms with E-state index in [1.807, 2.05) is 12.1 Å². The molecule has 1 heterocycles. The number of aromatic nitrogens is 1. The fourth-order valence-electron chi connectivity index (χ4n) is 1.35. The third-order valence-electron chi connectivity index (χ3n) is 1.89. The molecule has 0 aromatic carbocycles. The Bertz CT molecular complexity index is 297. The van der Waals surface area contributed by atoms with Crippen molar-refractivity contribution in [3.05, 3.63) is 23.9 Å². The van der Waals surface area contributed by atoms with Gasteiger partial charge in [0.2, 0.25) is 0 Å². The zero-order valence-corrected chi connectivity index (χ0v) is 9.29. The maximum atomic E-state index is 5.12. The lowest BCUT2D eigenvalue weighted by molar-refractivity contribution is 0.158. The second-order valence-corrected chi connectivity index (χ2v) is 4.16. The monoisotopic (exact) mass is 194 g/mol. The lowest BCUT2D eigenvalue weighted by Crippen LogP contribution is -2.36. The molecule has 1 aromatic heterocycles. The van der Waals surface area contributed by atoms with Gasteiger partial charge in [0.25, 0.3) is 0 Å². The summed E-state index contributed by atoms with van der Waals surface area (Å²) in [5, 5.41) is 3.32. The van der Waals surface area contributed by atoms with Gasteiger partial charge in [-0.25, -0.2) is 4.98 Å². The lowest BCUT2D eigenvalue weighted by atomic mass is 10.1. The number of hydrogen-bond acceptors (Lipinski definition) is 3. The van der Waals surface area contributed by atoms with Crippen molar-refractivity contribution in [1.29, 1.82) is 0 Å². The summed E-state index contributed by atoms with van der Waals surface area (Å²) in [6, 6.07) is 4.01. The Morgan fingerprint density at radius 1 is 1.50 bits per heavy atom. The van der Waals surface area contributed by atoms with Crippen molar-refractivity contribution in [2.45, 2.75) is 26.3 Å². The van der Waals surface area contributed by atoms with Crippen molar-refractivity contribution in [3.63, 3.8) is 0 Å². The van der Waals surface area contributed by atoms with E-state index in [2.05, 4.69) is 31.1 Å². The van der Waals surface area contributed by atoms with Crippen LogP contribution in [0.2, 0.25) is 0 Å². The SMILES string of the molecule is COCC(C)(C)Nc1cc(C)ccn1. The molecule has 1 rings (SSSR count). The Morgan fingerprint density at radius 2 is 2.21 bits per heavy atom. The van der Waals surface area contributed by atoms with Gasteiger partial charge in [0.1, 0.15) is 5.82 Å². The number of methoxy groups -OCH3 is 1. The molecule has 0 amide bonds. The van der Waals surface area contributed by atoms with Crippen molar-refractivity contribution in [3.8, 4) is 0 Å². The van der Waals surface area contributed by atoms with Gasteiger partial charge in [-0.15, -0.1) is 0 Å². The Morgan fingerprint density at radius 3 is 2.79 bits per heavy atom. The van der Waals surface area contributed by atoms with Crippen molar-refractivity contribution < 1.29 is 4.74 Å². The quantitative estimate of drug-likeness (QED) is 0.798. The standard InChI is InChI=1S/C11H18N2O/c1-9-5-6-12-10(7-9)13-11(2,3)8-14-4/h5-7H,8H2,1-4H3,(H,12,13). The average molecular weight is 194 g/mol. The minimum atomic E-state index is -0.0878. The zero-order valence-electron chi connectivity index (χ0n) is 9.29. The highest BCUT2D eigenvalue weighted by Crippen LogP contribution is 2.13. The number of ether oxygens (including phenoxy) is 1. The van der Waals surface area contributed by atoms with Gasteiger partial charge < -0.3 is 10.1 Å². The molecule has 3 nitrogen and oxygen atoms in total. The second-order valence-electron chi connectivity index (χ2n) is 4.16. The van der Waals surface area contributed by atoms with Gasteiger partial charge >= 0.3 is 0 Å². The molecular formula is C11H18N2O. The minimum absolute atomic E-state index is 0.0878. The fourth-order valence-corrected chi connectivity index (χ4v) is 1.35. The summed E-state index contributed by atoms with van der Waals surface area (Å²) in [6.07, 6.45) is 1.81. The van der Waals surface area contributed by atoms with Crippen LogP contribution in [0.1, 0.15) is 19.4 Å². The van der Waals surface area contributed by atoms with Gasteiger partial charge in [-0.2, -0.15) is 0 Å². The number of aryl methyl sites for hydroxylation is 1. The first-order chi connectivity index (χ1) is 6.53. The highest BCUT2D eigenvalue weighted by molar-refractivity contribution is 5.39. The summed E-state index contributed by atoms with van der Waals surface area (Å²) >= 11 is 0. The molecule has 0 atom stereocenters. The van der Waals surface area contributed by atoms with Crippen molar-refractivity contribution in [2.24, 2.45) is 0 Å². The molecule has 0 spiro atoms. The normalized spacial score (nSPS) is 11.4. The summed E-state index contributed by atoms with van der Waals surface area (Å²) in [5.74, 6) is 0.895. The van der Waals surface area contributed by atoms with Crippen LogP contribution in [0.25, 0.3) is 0 Å². The Balaban J connectivity index is 2.68. The van der Waals surface area contributed by atoms with Crippen LogP contribution in [0, 0.1) is 6.92 Å². The maximum Gasteiger partial charge on any atom is 0.126 e. The maximum absolute atomic E-state index is 5.12. The first-order valence-electron chi connectivity index (χ1n) is 4.73. The topological polar surface area (TPSA) is 34.1 Å². The predicted molar refractivity (Wildman–Crippen MR) is 58.6 cm³/mol. The molecule has 1 aromatic rings.